The van der Waals surface area contributed by atoms with Crippen molar-refractivity contribution in [1.82, 2.24) is 15.2 Å². The van der Waals surface area contributed by atoms with Gasteiger partial charge in [0.1, 0.15) is 5.69 Å². The van der Waals surface area contributed by atoms with Crippen LogP contribution in [-0.4, -0.2) is 54.4 Å². The van der Waals surface area contributed by atoms with Gasteiger partial charge in [-0.25, -0.2) is 0 Å². The van der Waals surface area contributed by atoms with Crippen LogP contribution in [0.3, 0.4) is 0 Å². The van der Waals surface area contributed by atoms with E-state index in [0.717, 1.165) is 51.1 Å². The van der Waals surface area contributed by atoms with Crippen LogP contribution in [0.2, 0.25) is 0 Å². The first-order chi connectivity index (χ1) is 11.1. The van der Waals surface area contributed by atoms with E-state index >= 15 is 0 Å². The lowest BCUT2D eigenvalue weighted by atomic mass is 10.2. The number of carbonyl (C=O) groups is 2. The standard InChI is InChI=1S/C17H26N4O2/c1-3-4-5-7-19-17(23)16-13-15(6-8-18-16)21-11-9-20(10-12-21)14(2)22/h6,8,13H,3-5,7,9-12H2,1-2H3,(H,19,23). The van der Waals surface area contributed by atoms with E-state index in [2.05, 4.69) is 22.1 Å². The maximum atomic E-state index is 12.1. The van der Waals surface area contributed by atoms with E-state index in [9.17, 15) is 9.59 Å². The van der Waals surface area contributed by atoms with Crippen LogP contribution in [0.1, 0.15) is 43.6 Å². The van der Waals surface area contributed by atoms with E-state index < -0.39 is 0 Å². The molecule has 1 N–H and O–H groups in total. The van der Waals surface area contributed by atoms with Crippen molar-refractivity contribution in [2.75, 3.05) is 37.6 Å². The number of hydrogen-bond acceptors (Lipinski definition) is 4. The van der Waals surface area contributed by atoms with E-state index in [-0.39, 0.29) is 11.8 Å². The minimum atomic E-state index is -0.120. The summed E-state index contributed by atoms with van der Waals surface area (Å²) >= 11 is 0. The van der Waals surface area contributed by atoms with E-state index in [1.54, 1.807) is 13.1 Å². The Morgan fingerprint density at radius 1 is 1.22 bits per heavy atom. The monoisotopic (exact) mass is 318 g/mol. The highest BCUT2D eigenvalue weighted by Gasteiger charge is 2.19. The lowest BCUT2D eigenvalue weighted by Crippen LogP contribution is -2.48. The van der Waals surface area contributed by atoms with Gasteiger partial charge in [-0.3, -0.25) is 14.6 Å². The number of nitrogens with zero attached hydrogens (tertiary/aromatic N) is 3. The number of unbranched alkanes of at least 4 members (excludes halogenated alkanes) is 2. The molecule has 2 rings (SSSR count). The van der Waals surface area contributed by atoms with E-state index in [4.69, 9.17) is 0 Å². The highest BCUT2D eigenvalue weighted by atomic mass is 16.2. The van der Waals surface area contributed by atoms with Gasteiger partial charge < -0.3 is 15.1 Å². The molecule has 2 heterocycles. The molecule has 1 aromatic heterocycles. The second kappa shape index (κ2) is 8.50. The van der Waals surface area contributed by atoms with Crippen molar-refractivity contribution in [3.8, 4) is 0 Å². The number of piperazine rings is 1. The number of pyridine rings is 1. The maximum absolute atomic E-state index is 12.1. The van der Waals surface area contributed by atoms with Gasteiger partial charge in [-0.2, -0.15) is 0 Å². The second-order valence-electron chi connectivity index (χ2n) is 5.86. The number of nitrogens with one attached hydrogen (secondary N) is 1. The van der Waals surface area contributed by atoms with Gasteiger partial charge in [0.2, 0.25) is 5.91 Å². The molecular weight excluding hydrogens is 292 g/mol. The molecule has 126 valence electrons. The van der Waals surface area contributed by atoms with Crippen molar-refractivity contribution in [2.24, 2.45) is 0 Å². The summed E-state index contributed by atoms with van der Waals surface area (Å²) < 4.78 is 0. The number of aromatic nitrogens is 1. The van der Waals surface area contributed by atoms with Gasteiger partial charge in [0.25, 0.3) is 5.91 Å². The highest BCUT2D eigenvalue weighted by molar-refractivity contribution is 5.93. The number of rotatable bonds is 6. The molecule has 6 heteroatoms. The van der Waals surface area contributed by atoms with Crippen molar-refractivity contribution in [3.63, 3.8) is 0 Å². The zero-order chi connectivity index (χ0) is 16.7. The van der Waals surface area contributed by atoms with Crippen molar-refractivity contribution in [3.05, 3.63) is 24.0 Å². The number of amides is 2. The minimum Gasteiger partial charge on any atom is -0.368 e. The third-order valence-corrected chi connectivity index (χ3v) is 4.13. The molecule has 0 unspecified atom stereocenters. The molecule has 0 aliphatic carbocycles. The molecule has 6 nitrogen and oxygen atoms in total. The summed E-state index contributed by atoms with van der Waals surface area (Å²) in [6.45, 7) is 7.42. The Bertz CT molecular complexity index is 539. The summed E-state index contributed by atoms with van der Waals surface area (Å²) in [7, 11) is 0. The van der Waals surface area contributed by atoms with Gasteiger partial charge in [0.15, 0.2) is 0 Å². The Hall–Kier alpha value is -2.11. The summed E-state index contributed by atoms with van der Waals surface area (Å²) in [4.78, 5) is 31.7. The largest absolute Gasteiger partial charge is 0.368 e. The van der Waals surface area contributed by atoms with Crippen molar-refractivity contribution in [2.45, 2.75) is 33.1 Å². The molecule has 0 saturated carbocycles. The van der Waals surface area contributed by atoms with Crippen LogP contribution in [0, 0.1) is 0 Å². The van der Waals surface area contributed by atoms with Gasteiger partial charge in [-0.15, -0.1) is 0 Å². The first kappa shape index (κ1) is 17.2. The Balaban J connectivity index is 1.92. The first-order valence-corrected chi connectivity index (χ1v) is 8.36. The fourth-order valence-corrected chi connectivity index (χ4v) is 2.69. The zero-order valence-corrected chi connectivity index (χ0v) is 14.0. The molecule has 1 aromatic rings. The molecule has 1 aliphatic rings. The van der Waals surface area contributed by atoms with Crippen LogP contribution in [0.4, 0.5) is 5.69 Å². The lowest BCUT2D eigenvalue weighted by molar-refractivity contribution is -0.129. The van der Waals surface area contributed by atoms with Gasteiger partial charge >= 0.3 is 0 Å². The summed E-state index contributed by atoms with van der Waals surface area (Å²) in [5, 5.41) is 2.91. The normalized spacial score (nSPS) is 14.7. The van der Waals surface area contributed by atoms with Gasteiger partial charge in [0, 0.05) is 51.5 Å². The van der Waals surface area contributed by atoms with E-state index in [0.29, 0.717) is 12.2 Å². The van der Waals surface area contributed by atoms with E-state index in [1.807, 2.05) is 17.0 Å². The van der Waals surface area contributed by atoms with Crippen LogP contribution < -0.4 is 10.2 Å². The molecule has 1 fully saturated rings. The molecule has 1 saturated heterocycles. The number of hydrogen-bond donors (Lipinski definition) is 1. The first-order valence-electron chi connectivity index (χ1n) is 8.36. The van der Waals surface area contributed by atoms with E-state index in [1.165, 1.54) is 0 Å². The third-order valence-electron chi connectivity index (χ3n) is 4.13. The molecule has 0 aromatic carbocycles. The fraction of sp³-hybridized carbons (Fsp3) is 0.588. The third kappa shape index (κ3) is 4.94. The van der Waals surface area contributed by atoms with Gasteiger partial charge in [-0.1, -0.05) is 19.8 Å². The summed E-state index contributed by atoms with van der Waals surface area (Å²) in [6, 6.07) is 3.75. The topological polar surface area (TPSA) is 65.5 Å². The average Bonchev–Trinajstić information content (AvgIpc) is 2.59. The molecule has 23 heavy (non-hydrogen) atoms. The molecule has 1 aliphatic heterocycles. The Morgan fingerprint density at radius 3 is 2.61 bits per heavy atom. The van der Waals surface area contributed by atoms with Crippen molar-refractivity contribution >= 4 is 17.5 Å². The molecule has 0 spiro atoms. The Labute approximate surface area is 137 Å². The van der Waals surface area contributed by atoms with Crippen LogP contribution in [0.25, 0.3) is 0 Å². The predicted octanol–water partition coefficient (Wildman–Crippen LogP) is 1.67. The molecule has 0 atom stereocenters. The molecule has 0 radical (unpaired) electrons. The quantitative estimate of drug-likeness (QED) is 0.810. The lowest BCUT2D eigenvalue weighted by Gasteiger charge is -2.35. The smallest absolute Gasteiger partial charge is 0.269 e. The summed E-state index contributed by atoms with van der Waals surface area (Å²) in [5.41, 5.74) is 1.44. The van der Waals surface area contributed by atoms with Gasteiger partial charge in [-0.05, 0) is 18.6 Å². The average molecular weight is 318 g/mol. The van der Waals surface area contributed by atoms with Crippen molar-refractivity contribution in [1.29, 1.82) is 0 Å². The van der Waals surface area contributed by atoms with Crippen LogP contribution in [0.5, 0.6) is 0 Å². The molecular formula is C17H26N4O2. The van der Waals surface area contributed by atoms with Gasteiger partial charge in [0.05, 0.1) is 0 Å². The fourth-order valence-electron chi connectivity index (χ4n) is 2.69. The van der Waals surface area contributed by atoms with Crippen LogP contribution >= 0.6 is 0 Å². The maximum Gasteiger partial charge on any atom is 0.269 e. The number of carbonyl (C=O) groups excluding carboxylic acids is 2. The molecule has 0 bridgehead atoms. The Kier molecular flexibility index (Phi) is 6.38. The zero-order valence-electron chi connectivity index (χ0n) is 14.0. The SMILES string of the molecule is CCCCCNC(=O)c1cc(N2CCN(C(C)=O)CC2)ccn1. The van der Waals surface area contributed by atoms with Crippen LogP contribution in [-0.2, 0) is 4.79 Å². The van der Waals surface area contributed by atoms with Crippen molar-refractivity contribution < 1.29 is 9.59 Å². The minimum absolute atomic E-state index is 0.117. The Morgan fingerprint density at radius 2 is 1.96 bits per heavy atom. The summed E-state index contributed by atoms with van der Waals surface area (Å²) in [6.07, 6.45) is 4.92. The molecule has 2 amide bonds. The highest BCUT2D eigenvalue weighted by Crippen LogP contribution is 2.17. The predicted molar refractivity (Wildman–Crippen MR) is 90.6 cm³/mol. The van der Waals surface area contributed by atoms with Crippen LogP contribution in [0.15, 0.2) is 18.3 Å². The number of anilines is 1. The summed E-state index contributed by atoms with van der Waals surface area (Å²) in [5.74, 6) is -0.00292. The second-order valence-corrected chi connectivity index (χ2v) is 5.86.